The fraction of sp³-hybridized carbons (Fsp3) is 0.938. The number of aliphatic hydroxyl groups excluding tert-OH is 1. The molecule has 1 unspecified atom stereocenters. The number of hydrogen-bond donors (Lipinski definition) is 2. The van der Waals surface area contributed by atoms with E-state index in [0.29, 0.717) is 6.54 Å². The molecule has 134 valence electrons. The zero-order valence-corrected chi connectivity index (χ0v) is 13.7. The Bertz CT molecular complexity index is 401. The van der Waals surface area contributed by atoms with E-state index in [1.165, 1.54) is 12.8 Å². The van der Waals surface area contributed by atoms with E-state index in [-0.39, 0.29) is 37.4 Å². The third kappa shape index (κ3) is 4.52. The SMILES string of the molecule is CCC1(CNC(=O)N2CCC(C(O)C(F)(F)F)CC2)CCCC1. The number of piperidine rings is 1. The summed E-state index contributed by atoms with van der Waals surface area (Å²) in [5, 5.41) is 12.3. The van der Waals surface area contributed by atoms with Gasteiger partial charge in [-0.3, -0.25) is 0 Å². The van der Waals surface area contributed by atoms with Crippen LogP contribution >= 0.6 is 0 Å². The van der Waals surface area contributed by atoms with Crippen LogP contribution in [0.2, 0.25) is 0 Å². The van der Waals surface area contributed by atoms with Gasteiger partial charge in [-0.1, -0.05) is 19.8 Å². The van der Waals surface area contributed by atoms with Gasteiger partial charge in [-0.15, -0.1) is 0 Å². The van der Waals surface area contributed by atoms with E-state index in [1.54, 1.807) is 4.90 Å². The number of carbonyl (C=O) groups excluding carboxylic acids is 1. The summed E-state index contributed by atoms with van der Waals surface area (Å²) < 4.78 is 37.6. The normalized spacial score (nSPS) is 23.8. The second-order valence-electron chi connectivity index (χ2n) is 7.03. The van der Waals surface area contributed by atoms with Gasteiger partial charge in [0.15, 0.2) is 6.10 Å². The fourth-order valence-electron chi connectivity index (χ4n) is 3.84. The summed E-state index contributed by atoms with van der Waals surface area (Å²) >= 11 is 0. The molecule has 23 heavy (non-hydrogen) atoms. The third-order valence-corrected chi connectivity index (χ3v) is 5.64. The third-order valence-electron chi connectivity index (χ3n) is 5.64. The van der Waals surface area contributed by atoms with E-state index >= 15 is 0 Å². The van der Waals surface area contributed by atoms with Crippen LogP contribution in [0.15, 0.2) is 0 Å². The van der Waals surface area contributed by atoms with Gasteiger partial charge in [-0.05, 0) is 43.4 Å². The minimum Gasteiger partial charge on any atom is -0.383 e. The Kier molecular flexibility index (Phi) is 5.81. The number of likely N-dealkylation sites (tertiary alicyclic amines) is 1. The van der Waals surface area contributed by atoms with E-state index in [0.717, 1.165) is 19.3 Å². The van der Waals surface area contributed by atoms with E-state index in [9.17, 15) is 23.1 Å². The van der Waals surface area contributed by atoms with Crippen LogP contribution in [0.3, 0.4) is 0 Å². The quantitative estimate of drug-likeness (QED) is 0.828. The second-order valence-corrected chi connectivity index (χ2v) is 7.03. The van der Waals surface area contributed by atoms with E-state index in [4.69, 9.17) is 0 Å². The number of halogens is 3. The van der Waals surface area contributed by atoms with Crippen LogP contribution in [0, 0.1) is 11.3 Å². The summed E-state index contributed by atoms with van der Waals surface area (Å²) in [4.78, 5) is 13.8. The largest absolute Gasteiger partial charge is 0.414 e. The molecular formula is C16H27F3N2O2. The molecule has 0 bridgehead atoms. The highest BCUT2D eigenvalue weighted by molar-refractivity contribution is 5.74. The number of carbonyl (C=O) groups is 1. The standard InChI is InChI=1S/C16H27F3N2O2/c1-2-15(7-3-4-8-15)11-20-14(23)21-9-5-12(6-10-21)13(22)16(17,18)19/h12-13,22H,2-11H2,1H3,(H,20,23). The van der Waals surface area contributed by atoms with Crippen LogP contribution in [-0.2, 0) is 0 Å². The van der Waals surface area contributed by atoms with Crippen LogP contribution < -0.4 is 5.32 Å². The maximum Gasteiger partial charge on any atom is 0.414 e. The molecule has 0 aromatic heterocycles. The molecule has 2 rings (SSSR count). The molecular weight excluding hydrogens is 309 g/mol. The maximum atomic E-state index is 12.5. The number of nitrogens with zero attached hydrogens (tertiary/aromatic N) is 1. The van der Waals surface area contributed by atoms with E-state index < -0.39 is 18.2 Å². The highest BCUT2D eigenvalue weighted by atomic mass is 19.4. The predicted molar refractivity (Wildman–Crippen MR) is 80.9 cm³/mol. The summed E-state index contributed by atoms with van der Waals surface area (Å²) in [5.74, 6) is -0.809. The van der Waals surface area contributed by atoms with Crippen LogP contribution in [0.5, 0.6) is 0 Å². The molecule has 0 aromatic rings. The van der Waals surface area contributed by atoms with Crippen molar-refractivity contribution >= 4 is 6.03 Å². The lowest BCUT2D eigenvalue weighted by atomic mass is 9.83. The lowest BCUT2D eigenvalue weighted by molar-refractivity contribution is -0.222. The van der Waals surface area contributed by atoms with Crippen molar-refractivity contribution in [1.82, 2.24) is 10.2 Å². The van der Waals surface area contributed by atoms with Gasteiger partial charge < -0.3 is 15.3 Å². The van der Waals surface area contributed by atoms with Crippen molar-refractivity contribution in [3.63, 3.8) is 0 Å². The molecule has 2 fully saturated rings. The van der Waals surface area contributed by atoms with Gasteiger partial charge >= 0.3 is 12.2 Å². The summed E-state index contributed by atoms with van der Waals surface area (Å²) in [6.45, 7) is 3.32. The van der Waals surface area contributed by atoms with Gasteiger partial charge in [0, 0.05) is 19.6 Å². The molecule has 0 aromatic carbocycles. The highest BCUT2D eigenvalue weighted by Gasteiger charge is 2.44. The maximum absolute atomic E-state index is 12.5. The Morgan fingerprint density at radius 3 is 2.35 bits per heavy atom. The van der Waals surface area contributed by atoms with Gasteiger partial charge in [0.25, 0.3) is 0 Å². The lowest BCUT2D eigenvalue weighted by Gasteiger charge is -2.36. The van der Waals surface area contributed by atoms with E-state index in [2.05, 4.69) is 12.2 Å². The number of urea groups is 1. The van der Waals surface area contributed by atoms with Crippen molar-refractivity contribution in [2.75, 3.05) is 19.6 Å². The molecule has 2 amide bonds. The first kappa shape index (κ1) is 18.4. The summed E-state index contributed by atoms with van der Waals surface area (Å²) in [7, 11) is 0. The molecule has 0 radical (unpaired) electrons. The monoisotopic (exact) mass is 336 g/mol. The molecule has 1 atom stereocenters. The zero-order chi connectivity index (χ0) is 17.1. The molecule has 1 aliphatic heterocycles. The molecule has 2 aliphatic rings. The summed E-state index contributed by atoms with van der Waals surface area (Å²) in [5.41, 5.74) is 0.195. The van der Waals surface area contributed by atoms with Crippen LogP contribution in [0.4, 0.5) is 18.0 Å². The number of amides is 2. The Labute approximate surface area is 135 Å². The average molecular weight is 336 g/mol. The average Bonchev–Trinajstić information content (AvgIpc) is 3.00. The molecule has 1 heterocycles. The summed E-state index contributed by atoms with van der Waals surface area (Å²) in [6, 6.07) is -0.190. The van der Waals surface area contributed by atoms with Gasteiger partial charge in [0.2, 0.25) is 0 Å². The van der Waals surface area contributed by atoms with Crippen LogP contribution in [0.1, 0.15) is 51.9 Å². The highest BCUT2D eigenvalue weighted by Crippen LogP contribution is 2.40. The number of hydrogen-bond acceptors (Lipinski definition) is 2. The molecule has 1 saturated heterocycles. The lowest BCUT2D eigenvalue weighted by Crippen LogP contribution is -2.49. The first-order valence-electron chi connectivity index (χ1n) is 8.55. The summed E-state index contributed by atoms with van der Waals surface area (Å²) in [6.07, 6.45) is -0.796. The van der Waals surface area contributed by atoms with Crippen molar-refractivity contribution in [1.29, 1.82) is 0 Å². The fourth-order valence-corrected chi connectivity index (χ4v) is 3.84. The predicted octanol–water partition coefficient (Wildman–Crippen LogP) is 3.30. The van der Waals surface area contributed by atoms with Crippen molar-refractivity contribution in [2.45, 2.75) is 64.1 Å². The number of alkyl halides is 3. The van der Waals surface area contributed by atoms with E-state index in [1.807, 2.05) is 0 Å². The molecule has 1 saturated carbocycles. The van der Waals surface area contributed by atoms with Gasteiger partial charge in [0.05, 0.1) is 0 Å². The minimum atomic E-state index is -4.58. The van der Waals surface area contributed by atoms with Gasteiger partial charge in [0.1, 0.15) is 0 Å². The molecule has 2 N–H and O–H groups in total. The van der Waals surface area contributed by atoms with Crippen molar-refractivity contribution in [3.8, 4) is 0 Å². The van der Waals surface area contributed by atoms with Crippen LogP contribution in [-0.4, -0.2) is 48.0 Å². The Hall–Kier alpha value is -0.980. The molecule has 1 aliphatic carbocycles. The molecule has 0 spiro atoms. The topological polar surface area (TPSA) is 52.6 Å². The smallest absolute Gasteiger partial charge is 0.383 e. The van der Waals surface area contributed by atoms with Gasteiger partial charge in [-0.2, -0.15) is 13.2 Å². The number of nitrogens with one attached hydrogen (secondary N) is 1. The molecule has 4 nitrogen and oxygen atoms in total. The number of rotatable bonds is 4. The molecule has 7 heteroatoms. The Morgan fingerprint density at radius 1 is 1.30 bits per heavy atom. The van der Waals surface area contributed by atoms with Crippen molar-refractivity contribution in [3.05, 3.63) is 0 Å². The first-order chi connectivity index (χ1) is 10.8. The Morgan fingerprint density at radius 2 is 1.87 bits per heavy atom. The Balaban J connectivity index is 1.77. The van der Waals surface area contributed by atoms with Crippen molar-refractivity contribution in [2.24, 2.45) is 11.3 Å². The zero-order valence-electron chi connectivity index (χ0n) is 13.7. The first-order valence-corrected chi connectivity index (χ1v) is 8.55. The second kappa shape index (κ2) is 7.28. The van der Waals surface area contributed by atoms with Crippen LogP contribution in [0.25, 0.3) is 0 Å². The van der Waals surface area contributed by atoms with Gasteiger partial charge in [-0.25, -0.2) is 4.79 Å². The van der Waals surface area contributed by atoms with Crippen molar-refractivity contribution < 1.29 is 23.1 Å². The minimum absolute atomic E-state index is 0.188. The number of aliphatic hydroxyl groups is 1.